The van der Waals surface area contributed by atoms with Gasteiger partial charge in [0.05, 0.1) is 13.7 Å². The monoisotopic (exact) mass is 288 g/mol. The normalized spacial score (nSPS) is 16.2. The summed E-state index contributed by atoms with van der Waals surface area (Å²) < 4.78 is 11.3. The van der Waals surface area contributed by atoms with Crippen LogP contribution in [0.25, 0.3) is 10.9 Å². The first-order valence-corrected chi connectivity index (χ1v) is 7.87. The third-order valence-corrected chi connectivity index (χ3v) is 4.16. The van der Waals surface area contributed by atoms with Crippen LogP contribution >= 0.6 is 0 Å². The number of hydrogen-bond acceptors (Lipinski definition) is 3. The van der Waals surface area contributed by atoms with Gasteiger partial charge in [-0.3, -0.25) is 0 Å². The van der Waals surface area contributed by atoms with Crippen LogP contribution in [0.2, 0.25) is 0 Å². The topological polar surface area (TPSA) is 37.5 Å². The molecule has 21 heavy (non-hydrogen) atoms. The van der Waals surface area contributed by atoms with Gasteiger partial charge >= 0.3 is 0 Å². The Labute approximate surface area is 126 Å². The van der Waals surface area contributed by atoms with Crippen LogP contribution < -0.4 is 9.47 Å². The molecule has 2 aromatic rings. The number of fused-ring (bicyclic) bond motifs is 1. The van der Waals surface area contributed by atoms with E-state index in [4.69, 9.17) is 9.47 Å². The lowest BCUT2D eigenvalue weighted by Crippen LogP contribution is -2.31. The number of aromatic amines is 1. The van der Waals surface area contributed by atoms with Crippen LogP contribution in [0.15, 0.2) is 24.4 Å². The van der Waals surface area contributed by atoms with Gasteiger partial charge in [-0.25, -0.2) is 0 Å². The number of piperidine rings is 1. The quantitative estimate of drug-likeness (QED) is 0.827. The zero-order chi connectivity index (χ0) is 14.5. The van der Waals surface area contributed by atoms with Crippen molar-refractivity contribution in [3.05, 3.63) is 24.4 Å². The molecule has 0 atom stereocenters. The maximum absolute atomic E-state index is 5.92. The Morgan fingerprint density at radius 1 is 1.14 bits per heavy atom. The zero-order valence-corrected chi connectivity index (χ0v) is 12.7. The molecule has 4 nitrogen and oxygen atoms in total. The number of nitrogens with zero attached hydrogens (tertiary/aromatic N) is 1. The van der Waals surface area contributed by atoms with Gasteiger partial charge in [0.2, 0.25) is 0 Å². The molecule has 0 saturated carbocycles. The van der Waals surface area contributed by atoms with E-state index in [0.29, 0.717) is 0 Å². The molecule has 4 heteroatoms. The molecule has 0 unspecified atom stereocenters. The maximum Gasteiger partial charge on any atom is 0.163 e. The Kier molecular flexibility index (Phi) is 4.65. The van der Waals surface area contributed by atoms with Crippen molar-refractivity contribution >= 4 is 10.9 Å². The molecule has 0 amide bonds. The van der Waals surface area contributed by atoms with Crippen molar-refractivity contribution in [1.82, 2.24) is 9.88 Å². The highest BCUT2D eigenvalue weighted by atomic mass is 16.5. The van der Waals surface area contributed by atoms with Gasteiger partial charge in [-0.15, -0.1) is 0 Å². The molecular formula is C17H24N2O2. The summed E-state index contributed by atoms with van der Waals surface area (Å²) in [6.45, 7) is 4.36. The van der Waals surface area contributed by atoms with Gasteiger partial charge in [-0.05, 0) is 44.5 Å². The van der Waals surface area contributed by atoms with Gasteiger partial charge in [0, 0.05) is 29.7 Å². The summed E-state index contributed by atoms with van der Waals surface area (Å²) in [6.07, 6.45) is 7.08. The summed E-state index contributed by atoms with van der Waals surface area (Å²) in [6, 6.07) is 6.08. The second-order valence-electron chi connectivity index (χ2n) is 5.67. The van der Waals surface area contributed by atoms with E-state index in [1.54, 1.807) is 7.11 Å². The predicted molar refractivity (Wildman–Crippen MR) is 85.3 cm³/mol. The van der Waals surface area contributed by atoms with Crippen molar-refractivity contribution in [2.45, 2.75) is 25.7 Å². The molecule has 1 N–H and O–H groups in total. The van der Waals surface area contributed by atoms with E-state index in [0.717, 1.165) is 42.0 Å². The number of aromatic nitrogens is 1. The average molecular weight is 288 g/mol. The number of methoxy groups -OCH3 is 1. The van der Waals surface area contributed by atoms with E-state index in [2.05, 4.69) is 9.88 Å². The Morgan fingerprint density at radius 2 is 2.00 bits per heavy atom. The first-order chi connectivity index (χ1) is 10.4. The van der Waals surface area contributed by atoms with Gasteiger partial charge in [-0.2, -0.15) is 0 Å². The van der Waals surface area contributed by atoms with Crippen LogP contribution in [0, 0.1) is 0 Å². The smallest absolute Gasteiger partial charge is 0.163 e. The molecule has 1 fully saturated rings. The summed E-state index contributed by atoms with van der Waals surface area (Å²) in [5.41, 5.74) is 1.09. The second kappa shape index (κ2) is 6.85. The van der Waals surface area contributed by atoms with E-state index >= 15 is 0 Å². The number of H-pyrrole nitrogens is 1. The van der Waals surface area contributed by atoms with Crippen LogP contribution in [0.4, 0.5) is 0 Å². The molecule has 1 aromatic heterocycles. The second-order valence-corrected chi connectivity index (χ2v) is 5.67. The SMILES string of the molecule is COc1cc2cc[nH]c2cc1OCCCN1CCCCC1. The van der Waals surface area contributed by atoms with Crippen LogP contribution in [0.1, 0.15) is 25.7 Å². The Bertz CT molecular complexity index is 573. The van der Waals surface area contributed by atoms with Gasteiger partial charge in [-0.1, -0.05) is 6.42 Å². The molecule has 0 radical (unpaired) electrons. The lowest BCUT2D eigenvalue weighted by Gasteiger charge is -2.26. The summed E-state index contributed by atoms with van der Waals surface area (Å²) >= 11 is 0. The first kappa shape index (κ1) is 14.3. The minimum Gasteiger partial charge on any atom is -0.493 e. The average Bonchev–Trinajstić information content (AvgIpc) is 2.99. The van der Waals surface area contributed by atoms with Gasteiger partial charge in [0.25, 0.3) is 0 Å². The Morgan fingerprint density at radius 3 is 2.81 bits per heavy atom. The number of nitrogens with one attached hydrogen (secondary N) is 1. The molecule has 114 valence electrons. The minimum absolute atomic E-state index is 0.735. The highest BCUT2D eigenvalue weighted by molar-refractivity contribution is 5.83. The van der Waals surface area contributed by atoms with Gasteiger partial charge in [0.1, 0.15) is 0 Å². The van der Waals surface area contributed by atoms with Crippen molar-refractivity contribution in [2.24, 2.45) is 0 Å². The minimum atomic E-state index is 0.735. The van der Waals surface area contributed by atoms with Gasteiger partial charge < -0.3 is 19.4 Å². The Balaban J connectivity index is 1.54. The van der Waals surface area contributed by atoms with Crippen LogP contribution in [-0.2, 0) is 0 Å². The lowest BCUT2D eigenvalue weighted by molar-refractivity contribution is 0.203. The van der Waals surface area contributed by atoms with Gasteiger partial charge in [0.15, 0.2) is 11.5 Å². The van der Waals surface area contributed by atoms with Crippen molar-refractivity contribution in [3.8, 4) is 11.5 Å². The highest BCUT2D eigenvalue weighted by Crippen LogP contribution is 2.31. The molecule has 2 heterocycles. The number of ether oxygens (including phenoxy) is 2. The van der Waals surface area contributed by atoms with E-state index < -0.39 is 0 Å². The third kappa shape index (κ3) is 3.50. The summed E-state index contributed by atoms with van der Waals surface area (Å²) in [7, 11) is 1.69. The highest BCUT2D eigenvalue weighted by Gasteiger charge is 2.10. The first-order valence-electron chi connectivity index (χ1n) is 7.87. The lowest BCUT2D eigenvalue weighted by atomic mass is 10.1. The maximum atomic E-state index is 5.92. The molecular weight excluding hydrogens is 264 g/mol. The number of likely N-dealkylation sites (tertiary alicyclic amines) is 1. The van der Waals surface area contributed by atoms with E-state index in [1.165, 1.54) is 32.4 Å². The third-order valence-electron chi connectivity index (χ3n) is 4.16. The number of rotatable bonds is 6. The zero-order valence-electron chi connectivity index (χ0n) is 12.7. The summed E-state index contributed by atoms with van der Waals surface area (Å²) in [4.78, 5) is 5.75. The van der Waals surface area contributed by atoms with Crippen molar-refractivity contribution in [3.63, 3.8) is 0 Å². The fraction of sp³-hybridized carbons (Fsp3) is 0.529. The molecule has 0 bridgehead atoms. The van der Waals surface area contributed by atoms with Crippen molar-refractivity contribution < 1.29 is 9.47 Å². The van der Waals surface area contributed by atoms with Crippen molar-refractivity contribution in [2.75, 3.05) is 33.4 Å². The number of hydrogen-bond donors (Lipinski definition) is 1. The molecule has 1 saturated heterocycles. The summed E-state index contributed by atoms with van der Waals surface area (Å²) in [5.74, 6) is 1.63. The number of benzene rings is 1. The predicted octanol–water partition coefficient (Wildman–Crippen LogP) is 3.43. The van der Waals surface area contributed by atoms with E-state index in [-0.39, 0.29) is 0 Å². The van der Waals surface area contributed by atoms with E-state index in [9.17, 15) is 0 Å². The standard InChI is InChI=1S/C17H24N2O2/c1-20-16-12-14-6-7-18-15(14)13-17(16)21-11-5-10-19-8-3-2-4-9-19/h6-7,12-13,18H,2-5,8-11H2,1H3. The van der Waals surface area contributed by atoms with Crippen molar-refractivity contribution in [1.29, 1.82) is 0 Å². The Hall–Kier alpha value is -1.68. The molecule has 0 aliphatic carbocycles. The van der Waals surface area contributed by atoms with Crippen LogP contribution in [-0.4, -0.2) is 43.2 Å². The molecule has 0 spiro atoms. The fourth-order valence-electron chi connectivity index (χ4n) is 2.99. The molecule has 1 aliphatic heterocycles. The van der Waals surface area contributed by atoms with Crippen LogP contribution in [0.3, 0.4) is 0 Å². The largest absolute Gasteiger partial charge is 0.493 e. The molecule has 1 aromatic carbocycles. The molecule has 3 rings (SSSR count). The van der Waals surface area contributed by atoms with E-state index in [1.807, 2.05) is 24.4 Å². The summed E-state index contributed by atoms with van der Waals surface area (Å²) in [5, 5.41) is 1.15. The van der Waals surface area contributed by atoms with Crippen LogP contribution in [0.5, 0.6) is 11.5 Å². The molecule has 1 aliphatic rings. The fourth-order valence-corrected chi connectivity index (χ4v) is 2.99.